The van der Waals surface area contributed by atoms with E-state index >= 15 is 0 Å². The van der Waals surface area contributed by atoms with E-state index in [2.05, 4.69) is 25.7 Å². The SMILES string of the molecule is COC(=O)C(Cl)Cc1cccc2cc(Br)cnc12. The summed E-state index contributed by atoms with van der Waals surface area (Å²) in [7, 11) is 1.33. The van der Waals surface area contributed by atoms with E-state index in [1.54, 1.807) is 6.20 Å². The van der Waals surface area contributed by atoms with Crippen LogP contribution < -0.4 is 0 Å². The van der Waals surface area contributed by atoms with Crippen molar-refractivity contribution in [3.63, 3.8) is 0 Å². The van der Waals surface area contributed by atoms with Crippen LogP contribution >= 0.6 is 27.5 Å². The first-order chi connectivity index (χ1) is 8.61. The predicted molar refractivity (Wildman–Crippen MR) is 74.8 cm³/mol. The highest BCUT2D eigenvalue weighted by Crippen LogP contribution is 2.22. The van der Waals surface area contributed by atoms with E-state index in [0.29, 0.717) is 6.42 Å². The molecular weight excluding hydrogens is 318 g/mol. The fourth-order valence-electron chi connectivity index (χ4n) is 1.77. The number of alkyl halides is 1. The molecule has 0 bridgehead atoms. The molecule has 1 heterocycles. The van der Waals surface area contributed by atoms with E-state index in [0.717, 1.165) is 20.9 Å². The van der Waals surface area contributed by atoms with E-state index in [-0.39, 0.29) is 0 Å². The van der Waals surface area contributed by atoms with Crippen LogP contribution in [0.25, 0.3) is 10.9 Å². The third kappa shape index (κ3) is 2.82. The molecule has 0 saturated carbocycles. The molecule has 2 rings (SSSR count). The number of hydrogen-bond donors (Lipinski definition) is 0. The van der Waals surface area contributed by atoms with Crippen LogP contribution in [-0.4, -0.2) is 23.4 Å². The lowest BCUT2D eigenvalue weighted by molar-refractivity contribution is -0.140. The molecule has 0 saturated heterocycles. The molecule has 18 heavy (non-hydrogen) atoms. The lowest BCUT2D eigenvalue weighted by Crippen LogP contribution is -2.18. The first-order valence-corrected chi connectivity index (χ1v) is 6.60. The van der Waals surface area contributed by atoms with Gasteiger partial charge in [0.15, 0.2) is 0 Å². The van der Waals surface area contributed by atoms with Crippen LogP contribution in [-0.2, 0) is 16.0 Å². The van der Waals surface area contributed by atoms with Crippen molar-refractivity contribution >= 4 is 44.4 Å². The fraction of sp³-hybridized carbons (Fsp3) is 0.231. The van der Waals surface area contributed by atoms with Crippen LogP contribution in [0.1, 0.15) is 5.56 Å². The summed E-state index contributed by atoms with van der Waals surface area (Å²) in [5.74, 6) is -0.425. The minimum Gasteiger partial charge on any atom is -0.468 e. The number of esters is 1. The van der Waals surface area contributed by atoms with Gasteiger partial charge >= 0.3 is 5.97 Å². The molecule has 1 aromatic carbocycles. The summed E-state index contributed by atoms with van der Waals surface area (Å²) in [6.07, 6.45) is 2.13. The summed E-state index contributed by atoms with van der Waals surface area (Å²) >= 11 is 9.37. The topological polar surface area (TPSA) is 39.2 Å². The number of ether oxygens (including phenoxy) is 1. The van der Waals surface area contributed by atoms with Gasteiger partial charge in [0.05, 0.1) is 12.6 Å². The van der Waals surface area contributed by atoms with Crippen LogP contribution in [0, 0.1) is 0 Å². The van der Waals surface area contributed by atoms with E-state index in [9.17, 15) is 4.79 Å². The molecule has 2 aromatic rings. The number of hydrogen-bond acceptors (Lipinski definition) is 3. The average Bonchev–Trinajstić information content (AvgIpc) is 2.37. The van der Waals surface area contributed by atoms with Crippen molar-refractivity contribution in [2.75, 3.05) is 7.11 Å². The molecule has 0 N–H and O–H groups in total. The number of fused-ring (bicyclic) bond motifs is 1. The summed E-state index contributed by atoms with van der Waals surface area (Å²) in [6, 6.07) is 7.79. The molecule has 1 aromatic heterocycles. The second-order valence-corrected chi connectivity index (χ2v) is 5.28. The molecule has 0 aliphatic rings. The predicted octanol–water partition coefficient (Wildman–Crippen LogP) is 3.32. The summed E-state index contributed by atoms with van der Waals surface area (Å²) < 4.78 is 5.54. The number of aromatic nitrogens is 1. The van der Waals surface area contributed by atoms with Gasteiger partial charge < -0.3 is 4.74 Å². The Morgan fingerprint density at radius 1 is 1.56 bits per heavy atom. The first-order valence-electron chi connectivity index (χ1n) is 5.37. The minimum atomic E-state index is -0.689. The zero-order chi connectivity index (χ0) is 13.1. The Labute approximate surface area is 118 Å². The molecule has 0 spiro atoms. The number of benzene rings is 1. The number of pyridine rings is 1. The Kier molecular flexibility index (Phi) is 4.19. The van der Waals surface area contributed by atoms with Crippen molar-refractivity contribution in [1.82, 2.24) is 4.98 Å². The van der Waals surface area contributed by atoms with Crippen molar-refractivity contribution in [2.24, 2.45) is 0 Å². The maximum Gasteiger partial charge on any atom is 0.324 e. The van der Waals surface area contributed by atoms with Gasteiger partial charge in [-0.05, 0) is 27.6 Å². The molecule has 94 valence electrons. The Hall–Kier alpha value is -1.13. The molecule has 0 amide bonds. The Morgan fingerprint density at radius 3 is 3.06 bits per heavy atom. The highest BCUT2D eigenvalue weighted by atomic mass is 79.9. The molecule has 0 fully saturated rings. The van der Waals surface area contributed by atoms with Gasteiger partial charge in [0, 0.05) is 22.5 Å². The Morgan fingerprint density at radius 2 is 2.33 bits per heavy atom. The second-order valence-electron chi connectivity index (χ2n) is 3.84. The molecule has 0 aliphatic carbocycles. The molecule has 1 unspecified atom stereocenters. The number of methoxy groups -OCH3 is 1. The second kappa shape index (κ2) is 5.67. The normalized spacial score (nSPS) is 12.4. The summed E-state index contributed by atoms with van der Waals surface area (Å²) in [4.78, 5) is 15.7. The van der Waals surface area contributed by atoms with Gasteiger partial charge in [0.2, 0.25) is 0 Å². The van der Waals surface area contributed by atoms with Gasteiger partial charge in [-0.25, -0.2) is 0 Å². The zero-order valence-corrected chi connectivity index (χ0v) is 12.0. The molecule has 1 atom stereocenters. The smallest absolute Gasteiger partial charge is 0.324 e. The average molecular weight is 329 g/mol. The third-order valence-corrected chi connectivity index (χ3v) is 3.38. The maximum atomic E-state index is 11.3. The van der Waals surface area contributed by atoms with Gasteiger partial charge in [0.1, 0.15) is 5.38 Å². The Bertz CT molecular complexity index is 588. The van der Waals surface area contributed by atoms with Crippen molar-refractivity contribution in [3.05, 3.63) is 40.5 Å². The summed E-state index contributed by atoms with van der Waals surface area (Å²) in [5, 5.41) is 0.321. The van der Waals surface area contributed by atoms with Crippen molar-refractivity contribution in [2.45, 2.75) is 11.8 Å². The van der Waals surface area contributed by atoms with Gasteiger partial charge in [0.25, 0.3) is 0 Å². The van der Waals surface area contributed by atoms with Crippen LogP contribution in [0.3, 0.4) is 0 Å². The number of carbonyl (C=O) groups is 1. The van der Waals surface area contributed by atoms with Gasteiger partial charge in [-0.15, -0.1) is 11.6 Å². The number of para-hydroxylation sites is 1. The quantitative estimate of drug-likeness (QED) is 0.641. The largest absolute Gasteiger partial charge is 0.468 e. The van der Waals surface area contributed by atoms with Gasteiger partial charge in [-0.2, -0.15) is 0 Å². The number of carbonyl (C=O) groups excluding carboxylic acids is 1. The molecule has 3 nitrogen and oxygen atoms in total. The third-order valence-electron chi connectivity index (χ3n) is 2.62. The molecule has 5 heteroatoms. The van der Waals surface area contributed by atoms with E-state index in [1.807, 2.05) is 24.3 Å². The van der Waals surface area contributed by atoms with Crippen LogP contribution in [0.2, 0.25) is 0 Å². The lowest BCUT2D eigenvalue weighted by Gasteiger charge is -2.09. The van der Waals surface area contributed by atoms with E-state index in [4.69, 9.17) is 11.6 Å². The molecule has 0 aliphatic heterocycles. The van der Waals surface area contributed by atoms with Crippen molar-refractivity contribution < 1.29 is 9.53 Å². The molecular formula is C13H11BrClNO2. The lowest BCUT2D eigenvalue weighted by atomic mass is 10.1. The summed E-state index contributed by atoms with van der Waals surface area (Å²) in [5.41, 5.74) is 1.79. The Balaban J connectivity index is 2.36. The zero-order valence-electron chi connectivity index (χ0n) is 9.69. The van der Waals surface area contributed by atoms with Crippen molar-refractivity contribution in [1.29, 1.82) is 0 Å². The summed E-state index contributed by atoms with van der Waals surface area (Å²) in [6.45, 7) is 0. The number of halogens is 2. The van der Waals surface area contributed by atoms with Crippen molar-refractivity contribution in [3.8, 4) is 0 Å². The molecule has 0 radical (unpaired) electrons. The fourth-order valence-corrected chi connectivity index (χ4v) is 2.37. The van der Waals surface area contributed by atoms with Gasteiger partial charge in [-0.1, -0.05) is 18.2 Å². The van der Waals surface area contributed by atoms with E-state index < -0.39 is 11.3 Å². The highest BCUT2D eigenvalue weighted by molar-refractivity contribution is 9.10. The van der Waals surface area contributed by atoms with Crippen LogP contribution in [0.5, 0.6) is 0 Å². The van der Waals surface area contributed by atoms with E-state index in [1.165, 1.54) is 7.11 Å². The number of rotatable bonds is 3. The first kappa shape index (κ1) is 13.3. The standard InChI is InChI=1S/C13H11BrClNO2/c1-18-13(17)11(15)6-9-4-2-3-8-5-10(14)7-16-12(8)9/h2-5,7,11H,6H2,1H3. The number of nitrogens with zero attached hydrogens (tertiary/aromatic N) is 1. The van der Waals surface area contributed by atoms with Crippen LogP contribution in [0.15, 0.2) is 34.9 Å². The highest BCUT2D eigenvalue weighted by Gasteiger charge is 2.17. The monoisotopic (exact) mass is 327 g/mol. The van der Waals surface area contributed by atoms with Gasteiger partial charge in [-0.3, -0.25) is 9.78 Å². The van der Waals surface area contributed by atoms with Crippen LogP contribution in [0.4, 0.5) is 0 Å². The minimum absolute atomic E-state index is 0.403. The maximum absolute atomic E-state index is 11.3.